The first-order chi connectivity index (χ1) is 20.9. The van der Waals surface area contributed by atoms with Crippen LogP contribution >= 0.6 is 23.3 Å². The molecule has 0 saturated heterocycles. The van der Waals surface area contributed by atoms with Gasteiger partial charge in [-0.25, -0.2) is 14.2 Å². The van der Waals surface area contributed by atoms with Crippen LogP contribution in [0.15, 0.2) is 78.0 Å². The normalized spacial score (nSPS) is 11.0. The minimum absolute atomic E-state index is 0.0238. The van der Waals surface area contributed by atoms with Gasteiger partial charge in [0.15, 0.2) is 11.6 Å². The number of hydrogen-bond donors (Lipinski definition) is 3. The standard InChI is InChI=1S/C30H29FN6O4S2/c1-37-20(17-32-12-13-40-2)18-34-29(37)26-16-23-28(42-26)25(10-11-33-23)41-24-9-8-21(15-22(24)31)43-36-30(39)35-27(38)14-19-6-4-3-5-7-19/h3-11,15-16,18,32H,12-14,17H2,1-2H3,(H2,35,36,38,39). The van der Waals surface area contributed by atoms with Crippen LogP contribution in [0, 0.1) is 5.82 Å². The lowest BCUT2D eigenvalue weighted by Crippen LogP contribution is -2.37. The Morgan fingerprint density at radius 2 is 1.91 bits per heavy atom. The van der Waals surface area contributed by atoms with Crippen molar-refractivity contribution in [3.63, 3.8) is 0 Å². The largest absolute Gasteiger partial charge is 0.453 e. The summed E-state index contributed by atoms with van der Waals surface area (Å²) in [6.07, 6.45) is 3.52. The molecule has 3 N–H and O–H groups in total. The number of imide groups is 1. The minimum Gasteiger partial charge on any atom is -0.453 e. The maximum absolute atomic E-state index is 15.0. The number of amides is 3. The predicted molar refractivity (Wildman–Crippen MR) is 165 cm³/mol. The molecule has 3 heterocycles. The molecule has 2 aromatic carbocycles. The number of ether oxygens (including phenoxy) is 2. The molecule has 3 amide bonds. The Morgan fingerprint density at radius 3 is 2.70 bits per heavy atom. The zero-order valence-electron chi connectivity index (χ0n) is 23.4. The Labute approximate surface area is 255 Å². The number of carbonyl (C=O) groups excluding carboxylic acids is 2. The highest BCUT2D eigenvalue weighted by atomic mass is 32.2. The van der Waals surface area contributed by atoms with E-state index in [1.165, 1.54) is 23.5 Å². The van der Waals surface area contributed by atoms with E-state index in [1.54, 1.807) is 37.6 Å². The van der Waals surface area contributed by atoms with Crippen molar-refractivity contribution in [3.05, 3.63) is 90.1 Å². The van der Waals surface area contributed by atoms with Crippen LogP contribution in [-0.2, 0) is 29.5 Å². The van der Waals surface area contributed by atoms with E-state index in [2.05, 4.69) is 25.3 Å². The summed E-state index contributed by atoms with van der Waals surface area (Å²) in [7, 11) is 3.63. The predicted octanol–water partition coefficient (Wildman–Crippen LogP) is 5.44. The molecular weight excluding hydrogens is 592 g/mol. The van der Waals surface area contributed by atoms with Gasteiger partial charge in [0.2, 0.25) is 5.91 Å². The van der Waals surface area contributed by atoms with Crippen LogP contribution in [0.5, 0.6) is 11.5 Å². The summed E-state index contributed by atoms with van der Waals surface area (Å²) in [6, 6.07) is 16.4. The smallest absolute Gasteiger partial charge is 0.331 e. The molecule has 0 aliphatic carbocycles. The van der Waals surface area contributed by atoms with Crippen molar-refractivity contribution >= 4 is 45.4 Å². The maximum atomic E-state index is 15.0. The van der Waals surface area contributed by atoms with Gasteiger partial charge in [-0.05, 0) is 41.8 Å². The summed E-state index contributed by atoms with van der Waals surface area (Å²) in [5, 5.41) is 5.58. The highest BCUT2D eigenvalue weighted by Crippen LogP contribution is 2.39. The third kappa shape index (κ3) is 7.76. The second-order valence-corrected chi connectivity index (χ2v) is 11.3. The number of hydrogen-bond acceptors (Lipinski definition) is 9. The van der Waals surface area contributed by atoms with Crippen molar-refractivity contribution < 1.29 is 23.5 Å². The van der Waals surface area contributed by atoms with Gasteiger partial charge in [-0.3, -0.25) is 19.8 Å². The molecule has 5 aromatic rings. The van der Waals surface area contributed by atoms with E-state index in [-0.39, 0.29) is 12.2 Å². The summed E-state index contributed by atoms with van der Waals surface area (Å²) in [5.41, 5.74) is 2.53. The summed E-state index contributed by atoms with van der Waals surface area (Å²) < 4.78 is 31.3. The molecule has 13 heteroatoms. The molecule has 0 spiro atoms. The Hall–Kier alpha value is -4.30. The number of aromatic nitrogens is 3. The third-order valence-electron chi connectivity index (χ3n) is 6.31. The van der Waals surface area contributed by atoms with Crippen LogP contribution in [0.1, 0.15) is 11.3 Å². The maximum Gasteiger partial charge on any atom is 0.331 e. The van der Waals surface area contributed by atoms with Crippen molar-refractivity contribution in [1.29, 1.82) is 0 Å². The fourth-order valence-corrected chi connectivity index (χ4v) is 5.82. The number of rotatable bonds is 12. The molecule has 0 atom stereocenters. The van der Waals surface area contributed by atoms with Crippen LogP contribution < -0.4 is 20.1 Å². The van der Waals surface area contributed by atoms with E-state index in [9.17, 15) is 9.59 Å². The van der Waals surface area contributed by atoms with Gasteiger partial charge in [0, 0.05) is 44.4 Å². The number of pyridine rings is 1. The SMILES string of the molecule is COCCNCc1cnc(-c2cc3nccc(Oc4ccc(SNC(=O)NC(=O)Cc5ccccc5)cc4F)c3s2)n1C. The first-order valence-corrected chi connectivity index (χ1v) is 14.9. The average molecular weight is 621 g/mol. The van der Waals surface area contributed by atoms with E-state index in [1.807, 2.05) is 42.1 Å². The van der Waals surface area contributed by atoms with Gasteiger partial charge in [-0.2, -0.15) is 0 Å². The van der Waals surface area contributed by atoms with Gasteiger partial charge >= 0.3 is 6.03 Å². The molecule has 0 radical (unpaired) electrons. The second kappa shape index (κ2) is 14.2. The van der Waals surface area contributed by atoms with Crippen LogP contribution in [0.2, 0.25) is 0 Å². The number of thiophene rings is 1. The van der Waals surface area contributed by atoms with Crippen LogP contribution in [-0.4, -0.2) is 46.7 Å². The van der Waals surface area contributed by atoms with Crippen molar-refractivity contribution in [1.82, 2.24) is 29.9 Å². The lowest BCUT2D eigenvalue weighted by Gasteiger charge is -2.10. The van der Waals surface area contributed by atoms with E-state index >= 15 is 4.39 Å². The molecule has 0 fully saturated rings. The number of urea groups is 1. The topological polar surface area (TPSA) is 119 Å². The Kier molecular flexibility index (Phi) is 10.00. The molecule has 0 aliphatic rings. The highest BCUT2D eigenvalue weighted by molar-refractivity contribution is 7.98. The number of fused-ring (bicyclic) bond motifs is 1. The Morgan fingerprint density at radius 1 is 1.07 bits per heavy atom. The van der Waals surface area contributed by atoms with Gasteiger partial charge in [0.05, 0.1) is 40.0 Å². The zero-order valence-corrected chi connectivity index (χ0v) is 25.1. The summed E-state index contributed by atoms with van der Waals surface area (Å²) in [5.74, 6) is 0.228. The molecule has 0 aliphatic heterocycles. The van der Waals surface area contributed by atoms with Crippen molar-refractivity contribution in [2.45, 2.75) is 17.9 Å². The van der Waals surface area contributed by atoms with Crippen LogP contribution in [0.25, 0.3) is 20.9 Å². The molecule has 0 saturated carbocycles. The Bertz CT molecular complexity index is 1730. The number of nitrogens with zero attached hydrogens (tertiary/aromatic N) is 3. The lowest BCUT2D eigenvalue weighted by atomic mass is 10.1. The number of nitrogens with one attached hydrogen (secondary N) is 3. The molecular formula is C30H29FN6O4S2. The molecule has 0 unspecified atom stereocenters. The molecule has 222 valence electrons. The first kappa shape index (κ1) is 30.2. The van der Waals surface area contributed by atoms with Crippen molar-refractivity contribution in [2.75, 3.05) is 20.3 Å². The van der Waals surface area contributed by atoms with Gasteiger partial charge in [0.1, 0.15) is 11.6 Å². The van der Waals surface area contributed by atoms with Crippen molar-refractivity contribution in [3.8, 4) is 22.2 Å². The third-order valence-corrected chi connectivity index (χ3v) is 8.23. The number of benzene rings is 2. The molecule has 5 rings (SSSR count). The van der Waals surface area contributed by atoms with Crippen LogP contribution in [0.3, 0.4) is 0 Å². The molecule has 0 bridgehead atoms. The fourth-order valence-electron chi connectivity index (χ4n) is 4.16. The lowest BCUT2D eigenvalue weighted by molar-refractivity contribution is -0.119. The molecule has 10 nitrogen and oxygen atoms in total. The number of carbonyl (C=O) groups is 2. The fraction of sp³-hybridized carbons (Fsp3) is 0.200. The number of imidazole rings is 1. The minimum atomic E-state index is -0.693. The Balaban J connectivity index is 1.21. The van der Waals surface area contributed by atoms with Gasteiger partial charge in [-0.1, -0.05) is 30.3 Å². The van der Waals surface area contributed by atoms with Gasteiger partial charge in [0.25, 0.3) is 0 Å². The van der Waals surface area contributed by atoms with E-state index in [0.717, 1.165) is 45.2 Å². The second-order valence-electron chi connectivity index (χ2n) is 9.37. The molecule has 3 aromatic heterocycles. The van der Waals surface area contributed by atoms with E-state index < -0.39 is 17.8 Å². The summed E-state index contributed by atoms with van der Waals surface area (Å²) in [4.78, 5) is 34.6. The summed E-state index contributed by atoms with van der Waals surface area (Å²) in [6.45, 7) is 2.02. The van der Waals surface area contributed by atoms with Crippen molar-refractivity contribution in [2.24, 2.45) is 7.05 Å². The van der Waals surface area contributed by atoms with Gasteiger partial charge < -0.3 is 19.4 Å². The zero-order chi connectivity index (χ0) is 30.2. The van der Waals surface area contributed by atoms with E-state index in [4.69, 9.17) is 9.47 Å². The quantitative estimate of drug-likeness (QED) is 0.125. The number of halogens is 1. The van der Waals surface area contributed by atoms with E-state index in [0.29, 0.717) is 29.3 Å². The highest BCUT2D eigenvalue weighted by Gasteiger charge is 2.17. The average Bonchev–Trinajstić information content (AvgIpc) is 3.59. The van der Waals surface area contributed by atoms with Gasteiger partial charge in [-0.15, -0.1) is 11.3 Å². The number of methoxy groups -OCH3 is 1. The first-order valence-electron chi connectivity index (χ1n) is 13.3. The molecule has 43 heavy (non-hydrogen) atoms. The van der Waals surface area contributed by atoms with Crippen LogP contribution in [0.4, 0.5) is 9.18 Å². The summed E-state index contributed by atoms with van der Waals surface area (Å²) >= 11 is 2.34. The monoisotopic (exact) mass is 620 g/mol.